The Morgan fingerprint density at radius 2 is 0.862 bits per heavy atom. The van der Waals surface area contributed by atoms with Gasteiger partial charge in [-0.05, 0) is 92.5 Å². The number of nitrogens with zero attached hydrogens (tertiary/aromatic N) is 2. The first-order valence-electron chi connectivity index (χ1n) is 19.9. The molecule has 1 heterocycles. The summed E-state index contributed by atoms with van der Waals surface area (Å²) in [5, 5.41) is 7.42. The smallest absolute Gasteiger partial charge is 0.0546 e. The van der Waals surface area contributed by atoms with Gasteiger partial charge in [0.25, 0.3) is 0 Å². The summed E-state index contributed by atoms with van der Waals surface area (Å²) in [6, 6.07) is 83.7. The third-order valence-electron chi connectivity index (χ3n) is 11.6. The fourth-order valence-corrected chi connectivity index (χ4v) is 8.95. The molecule has 2 heteroatoms. The summed E-state index contributed by atoms with van der Waals surface area (Å²) in [7, 11) is 0. The van der Waals surface area contributed by atoms with E-state index in [4.69, 9.17) is 0 Å². The molecular formula is C56H38N2. The first-order chi connectivity index (χ1) is 28.8. The zero-order chi connectivity index (χ0) is 38.4. The second-order valence-corrected chi connectivity index (χ2v) is 14.9. The lowest BCUT2D eigenvalue weighted by Gasteiger charge is -2.28. The van der Waals surface area contributed by atoms with Gasteiger partial charge in [-0.2, -0.15) is 0 Å². The number of anilines is 3. The zero-order valence-electron chi connectivity index (χ0n) is 31.8. The van der Waals surface area contributed by atoms with E-state index in [0.29, 0.717) is 0 Å². The first-order valence-corrected chi connectivity index (χ1v) is 19.9. The molecule has 0 bridgehead atoms. The van der Waals surface area contributed by atoms with Gasteiger partial charge in [-0.25, -0.2) is 0 Å². The predicted molar refractivity (Wildman–Crippen MR) is 247 cm³/mol. The second kappa shape index (κ2) is 14.1. The van der Waals surface area contributed by atoms with Crippen molar-refractivity contribution in [3.05, 3.63) is 231 Å². The van der Waals surface area contributed by atoms with Crippen molar-refractivity contribution in [2.45, 2.75) is 0 Å². The number of fused-ring (bicyclic) bond motifs is 6. The van der Waals surface area contributed by atoms with E-state index in [1.54, 1.807) is 0 Å². The summed E-state index contributed by atoms with van der Waals surface area (Å²) in [5.41, 5.74) is 14.0. The quantitative estimate of drug-likeness (QED) is 0.148. The predicted octanol–water partition coefficient (Wildman–Crippen LogP) is 15.6. The Labute approximate surface area is 338 Å². The highest BCUT2D eigenvalue weighted by molar-refractivity contribution is 6.15. The van der Waals surface area contributed by atoms with E-state index in [-0.39, 0.29) is 0 Å². The molecule has 0 spiro atoms. The lowest BCUT2D eigenvalue weighted by atomic mass is 9.92. The van der Waals surface area contributed by atoms with Crippen LogP contribution in [0.2, 0.25) is 0 Å². The van der Waals surface area contributed by atoms with Crippen LogP contribution in [0.5, 0.6) is 0 Å². The summed E-state index contributed by atoms with van der Waals surface area (Å²) in [5.74, 6) is 0. The van der Waals surface area contributed by atoms with Crippen LogP contribution in [0.1, 0.15) is 0 Å². The lowest BCUT2D eigenvalue weighted by Crippen LogP contribution is -2.11. The highest BCUT2D eigenvalue weighted by atomic mass is 15.1. The van der Waals surface area contributed by atoms with Gasteiger partial charge in [0.1, 0.15) is 0 Å². The summed E-state index contributed by atoms with van der Waals surface area (Å²) in [4.78, 5) is 2.43. The molecule has 0 unspecified atom stereocenters. The molecule has 10 aromatic carbocycles. The molecule has 272 valence electrons. The molecule has 0 aliphatic rings. The summed E-state index contributed by atoms with van der Waals surface area (Å²) in [6.45, 7) is 0. The molecule has 11 aromatic rings. The van der Waals surface area contributed by atoms with Crippen molar-refractivity contribution in [3.8, 4) is 39.1 Å². The van der Waals surface area contributed by atoms with E-state index in [1.807, 2.05) is 0 Å². The van der Waals surface area contributed by atoms with Crippen molar-refractivity contribution < 1.29 is 0 Å². The van der Waals surface area contributed by atoms with Crippen LogP contribution in [0.15, 0.2) is 231 Å². The fourth-order valence-electron chi connectivity index (χ4n) is 8.95. The molecule has 0 N–H and O–H groups in total. The van der Waals surface area contributed by atoms with Crippen LogP contribution in [0.4, 0.5) is 17.1 Å². The molecular weight excluding hydrogens is 701 g/mol. The molecule has 0 saturated heterocycles. The maximum atomic E-state index is 2.45. The maximum Gasteiger partial charge on any atom is 0.0546 e. The molecule has 0 aliphatic heterocycles. The maximum absolute atomic E-state index is 2.45. The van der Waals surface area contributed by atoms with Crippen molar-refractivity contribution in [1.29, 1.82) is 0 Å². The number of hydrogen-bond acceptors (Lipinski definition) is 1. The SMILES string of the molecule is c1ccc(-c2cccc(N(c3ccc(-c4c(-c5ccccc5)cccc4-n4c5ccccc5c5ccccc54)cc3)c3cc4ccccc4c4ccccc34)c2)cc1. The second-order valence-electron chi connectivity index (χ2n) is 14.9. The van der Waals surface area contributed by atoms with Gasteiger partial charge in [-0.15, -0.1) is 0 Å². The van der Waals surface area contributed by atoms with Gasteiger partial charge in [0.05, 0.1) is 22.4 Å². The van der Waals surface area contributed by atoms with Crippen LogP contribution >= 0.6 is 0 Å². The topological polar surface area (TPSA) is 8.17 Å². The molecule has 58 heavy (non-hydrogen) atoms. The molecule has 1 aromatic heterocycles. The Kier molecular flexibility index (Phi) is 8.19. The first kappa shape index (κ1) is 33.6. The summed E-state index contributed by atoms with van der Waals surface area (Å²) >= 11 is 0. The van der Waals surface area contributed by atoms with Crippen molar-refractivity contribution in [2.75, 3.05) is 4.90 Å². The Balaban J connectivity index is 1.14. The van der Waals surface area contributed by atoms with Crippen LogP contribution in [-0.2, 0) is 0 Å². The summed E-state index contributed by atoms with van der Waals surface area (Å²) in [6.07, 6.45) is 0. The van der Waals surface area contributed by atoms with E-state index in [2.05, 4.69) is 240 Å². The van der Waals surface area contributed by atoms with Gasteiger partial charge < -0.3 is 9.47 Å². The van der Waals surface area contributed by atoms with Gasteiger partial charge in [0, 0.05) is 33.1 Å². The average molecular weight is 739 g/mol. The minimum Gasteiger partial charge on any atom is -0.310 e. The van der Waals surface area contributed by atoms with Gasteiger partial charge in [-0.1, -0.05) is 182 Å². The minimum absolute atomic E-state index is 1.09. The van der Waals surface area contributed by atoms with Crippen LogP contribution in [0.25, 0.3) is 82.4 Å². The van der Waals surface area contributed by atoms with Crippen molar-refractivity contribution >= 4 is 60.4 Å². The Morgan fingerprint density at radius 3 is 1.57 bits per heavy atom. The summed E-state index contributed by atoms with van der Waals surface area (Å²) < 4.78 is 2.45. The molecule has 0 amide bonds. The van der Waals surface area contributed by atoms with Gasteiger partial charge in [-0.3, -0.25) is 0 Å². The van der Waals surface area contributed by atoms with Crippen LogP contribution in [0, 0.1) is 0 Å². The monoisotopic (exact) mass is 738 g/mol. The van der Waals surface area contributed by atoms with E-state index >= 15 is 0 Å². The van der Waals surface area contributed by atoms with E-state index in [9.17, 15) is 0 Å². The average Bonchev–Trinajstić information content (AvgIpc) is 3.64. The standard InChI is InChI=1S/C56H38N2/c1-3-17-39(18-4-1)42-22-15-23-45(37-42)57(55-38-43-21-7-8-24-46(43)48-25-9-10-26-49(48)55)44-35-33-41(34-36-44)56-47(40-19-5-2-6-20-40)29-16-32-54(56)58-52-30-13-11-27-50(52)51-28-12-14-31-53(51)58/h1-38H. The molecule has 0 saturated carbocycles. The zero-order valence-corrected chi connectivity index (χ0v) is 31.8. The Hall–Kier alpha value is -7.68. The largest absolute Gasteiger partial charge is 0.310 e. The van der Waals surface area contributed by atoms with E-state index in [1.165, 1.54) is 71.2 Å². The molecule has 0 radical (unpaired) electrons. The van der Waals surface area contributed by atoms with E-state index in [0.717, 1.165) is 28.3 Å². The molecule has 0 aliphatic carbocycles. The fraction of sp³-hybridized carbons (Fsp3) is 0. The Morgan fingerprint density at radius 1 is 0.310 bits per heavy atom. The van der Waals surface area contributed by atoms with Gasteiger partial charge in [0.2, 0.25) is 0 Å². The van der Waals surface area contributed by atoms with Crippen molar-refractivity contribution in [1.82, 2.24) is 4.57 Å². The molecule has 2 nitrogen and oxygen atoms in total. The Bertz CT molecular complexity index is 3220. The number of hydrogen-bond donors (Lipinski definition) is 0. The number of aromatic nitrogens is 1. The molecule has 11 rings (SSSR count). The normalized spacial score (nSPS) is 11.4. The number of benzene rings is 10. The third kappa shape index (κ3) is 5.66. The van der Waals surface area contributed by atoms with Crippen molar-refractivity contribution in [3.63, 3.8) is 0 Å². The molecule has 0 fully saturated rings. The van der Waals surface area contributed by atoms with Crippen LogP contribution in [0.3, 0.4) is 0 Å². The van der Waals surface area contributed by atoms with E-state index < -0.39 is 0 Å². The van der Waals surface area contributed by atoms with Gasteiger partial charge >= 0.3 is 0 Å². The van der Waals surface area contributed by atoms with Crippen LogP contribution in [-0.4, -0.2) is 4.57 Å². The third-order valence-corrected chi connectivity index (χ3v) is 11.6. The van der Waals surface area contributed by atoms with Crippen LogP contribution < -0.4 is 4.90 Å². The minimum atomic E-state index is 1.09. The number of rotatable bonds is 7. The lowest BCUT2D eigenvalue weighted by molar-refractivity contribution is 1.18. The van der Waals surface area contributed by atoms with Gasteiger partial charge in [0.15, 0.2) is 0 Å². The highest BCUT2D eigenvalue weighted by Crippen LogP contribution is 2.45. The highest BCUT2D eigenvalue weighted by Gasteiger charge is 2.21. The van der Waals surface area contributed by atoms with Crippen molar-refractivity contribution in [2.24, 2.45) is 0 Å². The molecule has 0 atom stereocenters. The number of para-hydroxylation sites is 2.